The van der Waals surface area contributed by atoms with Crippen molar-refractivity contribution < 1.29 is 81.5 Å². The first kappa shape index (κ1) is 67.0. The highest BCUT2D eigenvalue weighted by Crippen LogP contribution is 2.88. The number of carbonyl (C=O) groups is 8. The first-order valence-corrected chi connectivity index (χ1v) is 33.7. The number of non-ortho nitro benzene ring substituents is 3. The fraction of sp³-hybridized carbons (Fsp3) is 0.547. The standard InChI is InChI=1S/C64H68N12O20S3/c1-91-54(81)61-42-32-23-33(39(51(78)66-18-20-68-59(98)71-27-7-13-30(14-8-27)75(87)88)38(32)50(77)65-17-19-67-58(97)70-26-5-11-29(12-6-26)74(85)86)43(42)62(95-61,55(82)92-2)47-37-25-36(46(47)61)48-49(37)64(57(84)94-4)45-35-24-34(44(45)63(48,96-64)56(83)93-3)40-41(35)53(80)73(52(40)79)22-21-69-60(99)72-28-9-15-31(16-10-28)76(89)90/h5-16,32-49H,17-25H2,1-4H3,(H,65,77)(H,66,78)(H2,67,70,97)(H2,68,71,98)(H2,69,72,99)/t32-,33+,34+,35-,36-,37+,38-,39+,40+,41-,42-,43+,44+,45-,46+,47-,48-,49+,61-,62+,63+,64-. The minimum absolute atomic E-state index is 0.0154. The lowest BCUT2D eigenvalue weighted by Crippen LogP contribution is -2.69. The highest BCUT2D eigenvalue weighted by molar-refractivity contribution is 7.80. The van der Waals surface area contributed by atoms with Gasteiger partial charge >= 0.3 is 23.9 Å². The monoisotopic (exact) mass is 1420 g/mol. The first-order chi connectivity index (χ1) is 47.4. The van der Waals surface area contributed by atoms with Crippen LogP contribution < -0.4 is 42.5 Å². The van der Waals surface area contributed by atoms with Crippen LogP contribution in [0.4, 0.5) is 34.1 Å². The molecule has 0 aromatic heterocycles. The minimum atomic E-state index is -2.05. The van der Waals surface area contributed by atoms with Gasteiger partial charge in [-0.25, -0.2) is 19.2 Å². The molecular weight excluding hydrogens is 1350 g/mol. The smallest absolute Gasteiger partial charge is 0.338 e. The second-order valence-electron chi connectivity index (χ2n) is 27.3. The van der Waals surface area contributed by atoms with Crippen molar-refractivity contribution in [2.75, 3.05) is 83.7 Å². The van der Waals surface area contributed by atoms with Crippen molar-refractivity contribution in [2.24, 2.45) is 107 Å². The number of nitro benzene ring substituents is 3. The number of hydrogen-bond donors (Lipinski definition) is 8. The van der Waals surface area contributed by atoms with E-state index in [-0.39, 0.29) is 90.9 Å². The average Bonchev–Trinajstić information content (AvgIpc) is 1.43. The lowest BCUT2D eigenvalue weighted by molar-refractivity contribution is -0.385. The number of anilines is 3. The third-order valence-corrected chi connectivity index (χ3v) is 24.6. The van der Waals surface area contributed by atoms with Crippen LogP contribution in [0.3, 0.4) is 0 Å². The second-order valence-corrected chi connectivity index (χ2v) is 28.5. The third-order valence-electron chi connectivity index (χ3n) is 23.9. The van der Waals surface area contributed by atoms with E-state index in [1.807, 2.05) is 0 Å². The molecule has 522 valence electrons. The summed E-state index contributed by atoms with van der Waals surface area (Å²) < 4.78 is 37.9. The summed E-state index contributed by atoms with van der Waals surface area (Å²) in [5, 5.41) is 57.8. The highest BCUT2D eigenvalue weighted by Gasteiger charge is 2.98. The Bertz CT molecular complexity index is 3820. The van der Waals surface area contributed by atoms with Crippen LogP contribution in [0.15, 0.2) is 72.8 Å². The molecule has 6 saturated carbocycles. The van der Waals surface area contributed by atoms with Gasteiger partial charge in [0.2, 0.25) is 23.6 Å². The van der Waals surface area contributed by atoms with Crippen LogP contribution in [0.5, 0.6) is 0 Å². The van der Waals surface area contributed by atoms with Crippen molar-refractivity contribution >= 4 is 134 Å². The molecule has 14 rings (SSSR count). The molecule has 5 heterocycles. The number of carbonyl (C=O) groups excluding carboxylic acids is 8. The molecule has 22 atom stereocenters. The summed E-state index contributed by atoms with van der Waals surface area (Å²) in [7, 11) is 4.77. The molecule has 35 heteroatoms. The summed E-state index contributed by atoms with van der Waals surface area (Å²) in [4.78, 5) is 156. The normalized spacial score (nSPS) is 36.1. The topological polar surface area (TPSA) is 421 Å². The highest BCUT2D eigenvalue weighted by atomic mass is 32.1. The number of imide groups is 1. The van der Waals surface area contributed by atoms with E-state index in [4.69, 9.17) is 65.1 Å². The number of benzene rings is 3. The van der Waals surface area contributed by atoms with Gasteiger partial charge in [0.25, 0.3) is 17.1 Å². The van der Waals surface area contributed by atoms with Crippen LogP contribution in [0.25, 0.3) is 0 Å². The van der Waals surface area contributed by atoms with Crippen molar-refractivity contribution in [3.63, 3.8) is 0 Å². The van der Waals surface area contributed by atoms with Gasteiger partial charge in [-0.05, 0) is 128 Å². The van der Waals surface area contributed by atoms with E-state index >= 15 is 28.8 Å². The van der Waals surface area contributed by atoms with Gasteiger partial charge in [0.05, 0.1) is 66.9 Å². The largest absolute Gasteiger partial charge is 0.467 e. The summed E-state index contributed by atoms with van der Waals surface area (Å²) in [6.45, 7) is -0.0535. The van der Waals surface area contributed by atoms with Gasteiger partial charge < -0.3 is 71.0 Å². The van der Waals surface area contributed by atoms with Gasteiger partial charge in [-0.2, -0.15) is 0 Å². The van der Waals surface area contributed by atoms with Crippen LogP contribution in [0.1, 0.15) is 19.3 Å². The van der Waals surface area contributed by atoms with Crippen molar-refractivity contribution in [1.29, 1.82) is 0 Å². The maximum atomic E-state index is 15.6. The number of methoxy groups -OCH3 is 4. The van der Waals surface area contributed by atoms with Crippen molar-refractivity contribution in [3.05, 3.63) is 103 Å². The van der Waals surface area contributed by atoms with Gasteiger partial charge in [0.1, 0.15) is 0 Å². The summed E-state index contributed by atoms with van der Waals surface area (Å²) in [6.07, 6.45) is 0.638. The Labute approximate surface area is 578 Å². The van der Waals surface area contributed by atoms with Crippen LogP contribution in [-0.4, -0.2) is 173 Å². The van der Waals surface area contributed by atoms with Gasteiger partial charge in [-0.1, -0.05) is 0 Å². The summed E-state index contributed by atoms with van der Waals surface area (Å²) in [5.41, 5.74) is -7.07. The molecule has 8 N–H and O–H groups in total. The number of hydrogen-bond acceptors (Lipinski definition) is 23. The Morgan fingerprint density at radius 2 is 0.697 bits per heavy atom. The van der Waals surface area contributed by atoms with Crippen molar-refractivity contribution in [1.82, 2.24) is 31.5 Å². The Kier molecular flexibility index (Phi) is 16.7. The molecule has 99 heavy (non-hydrogen) atoms. The number of rotatable bonds is 21. The maximum absolute atomic E-state index is 15.6. The minimum Gasteiger partial charge on any atom is -0.467 e. The molecule has 0 radical (unpaired) electrons. The molecule has 3 aromatic rings. The summed E-state index contributed by atoms with van der Waals surface area (Å²) in [6, 6.07) is 16.7. The lowest BCUT2D eigenvalue weighted by atomic mass is 9.41. The molecule has 6 aliphatic carbocycles. The molecule has 3 aromatic carbocycles. The summed E-state index contributed by atoms with van der Waals surface area (Å²) in [5.74, 6) is -21.9. The molecule has 11 aliphatic rings. The van der Waals surface area contributed by atoms with Crippen molar-refractivity contribution in [3.8, 4) is 0 Å². The zero-order valence-corrected chi connectivity index (χ0v) is 55.8. The fourth-order valence-electron chi connectivity index (χ4n) is 21.6. The average molecular weight is 1420 g/mol. The number of likely N-dealkylation sites (tertiary alicyclic amines) is 1. The maximum Gasteiger partial charge on any atom is 0.338 e. The van der Waals surface area contributed by atoms with E-state index < -0.39 is 191 Å². The number of fused-ring (bicyclic) bond motifs is 33. The van der Waals surface area contributed by atoms with E-state index in [0.29, 0.717) is 17.1 Å². The Balaban J connectivity index is 0.768. The SMILES string of the molecule is COC(=O)[C@]12O[C@](C(=O)OC)([C@@H]3[C@@H]4C[C@@H]([C@H](C(=O)NCCNC(=S)Nc5ccc([N+](=O)[O-])cc5)[C@@H]4C(=O)NCCNC(=S)Nc4ccc([N+](=O)[O-])cc4)[C@@H]31)[C@H]1[C@H]3C[C@@H]([C@H]12)[C@H]1[C@@H]3[C@@]2(C(=O)OC)O[C@]1(C(=O)OC)[C@@H]1[C@@H]3C[C@@H]([C@@H]4C(=O)N(CCNC(=S)Nc5ccc([N+](=O)[O-])cc5)C(=O)[C@H]34)[C@@H]12. The van der Waals surface area contributed by atoms with E-state index in [9.17, 15) is 39.9 Å². The number of nitrogens with zero attached hydrogens (tertiary/aromatic N) is 4. The Hall–Kier alpha value is -9.19. The van der Waals surface area contributed by atoms with Gasteiger partial charge in [0.15, 0.2) is 37.7 Å². The molecule has 0 unspecified atom stereocenters. The predicted octanol–water partition coefficient (Wildman–Crippen LogP) is 2.35. The van der Waals surface area contributed by atoms with Crippen molar-refractivity contribution in [2.45, 2.75) is 41.7 Å². The van der Waals surface area contributed by atoms with Gasteiger partial charge in [-0.3, -0.25) is 54.4 Å². The number of thiocarbonyl (C=S) groups is 3. The van der Waals surface area contributed by atoms with E-state index in [1.165, 1.54) is 106 Å². The molecule has 5 saturated heterocycles. The molecule has 11 fully saturated rings. The molecular formula is C64H68N12O20S3. The zero-order chi connectivity index (χ0) is 70.3. The number of esters is 4. The molecule has 5 aliphatic heterocycles. The van der Waals surface area contributed by atoms with E-state index in [0.717, 1.165) is 0 Å². The Morgan fingerprint density at radius 1 is 0.434 bits per heavy atom. The molecule has 4 amide bonds. The predicted molar refractivity (Wildman–Crippen MR) is 353 cm³/mol. The fourth-order valence-corrected chi connectivity index (χ4v) is 22.3. The lowest BCUT2D eigenvalue weighted by Gasteiger charge is -2.57. The number of amides is 4. The molecule has 32 nitrogen and oxygen atoms in total. The van der Waals surface area contributed by atoms with Crippen LogP contribution in [-0.2, 0) is 66.8 Å². The Morgan fingerprint density at radius 3 is 1.00 bits per heavy atom. The van der Waals surface area contributed by atoms with Crippen LogP contribution in [0.2, 0.25) is 0 Å². The van der Waals surface area contributed by atoms with Crippen LogP contribution >= 0.6 is 36.7 Å². The number of nitro groups is 3. The third kappa shape index (κ3) is 9.54. The molecule has 0 spiro atoms. The number of nitrogens with one attached hydrogen (secondary N) is 8. The van der Waals surface area contributed by atoms with Gasteiger partial charge in [0, 0.05) is 140 Å². The van der Waals surface area contributed by atoms with Crippen LogP contribution in [0, 0.1) is 137 Å². The summed E-state index contributed by atoms with van der Waals surface area (Å²) >= 11 is 16.5. The molecule has 10 bridgehead atoms. The van der Waals surface area contributed by atoms with E-state index in [2.05, 4.69) is 42.5 Å². The number of ether oxygens (including phenoxy) is 6. The van der Waals surface area contributed by atoms with E-state index in [1.54, 1.807) is 0 Å². The second kappa shape index (κ2) is 24.6. The van der Waals surface area contributed by atoms with Gasteiger partial charge in [-0.15, -0.1) is 0 Å². The quantitative estimate of drug-likeness (QED) is 0.0144. The first-order valence-electron chi connectivity index (χ1n) is 32.4. The zero-order valence-electron chi connectivity index (χ0n) is 53.4.